The minimum Gasteiger partial charge on any atom is -0.409 e. The first kappa shape index (κ1) is 15.0. The van der Waals surface area contributed by atoms with E-state index in [0.717, 1.165) is 5.69 Å². The van der Waals surface area contributed by atoms with Gasteiger partial charge in [0.05, 0.1) is 5.69 Å². The van der Waals surface area contributed by atoms with Crippen LogP contribution in [0.5, 0.6) is 0 Å². The molecule has 0 aliphatic carbocycles. The molecule has 0 aliphatic rings. The highest BCUT2D eigenvalue weighted by Crippen LogP contribution is 2.06. The average Bonchev–Trinajstić information content (AvgIpc) is 2.78. The topological polar surface area (TPSA) is 106 Å². The van der Waals surface area contributed by atoms with Gasteiger partial charge < -0.3 is 16.3 Å². The van der Waals surface area contributed by atoms with Crippen molar-refractivity contribution in [3.05, 3.63) is 17.5 Å². The monoisotopic (exact) mass is 267 g/mol. The number of rotatable bonds is 6. The molecule has 7 nitrogen and oxygen atoms in total. The zero-order valence-corrected chi connectivity index (χ0v) is 11.6. The van der Waals surface area contributed by atoms with Crippen molar-refractivity contribution < 1.29 is 10.0 Å². The van der Waals surface area contributed by atoms with Crippen molar-refractivity contribution in [1.29, 1.82) is 0 Å². The number of nitrogens with two attached hydrogens (primary N) is 1. The number of carbonyl (C=O) groups is 1. The predicted octanol–water partition coefficient (Wildman–Crippen LogP) is 0.856. The molecule has 0 saturated heterocycles. The molecule has 19 heavy (non-hydrogen) atoms. The SMILES string of the molecule is CCC(CC(N)=NO)NC(=O)c1cc(C)nn1CC. The molecule has 0 bridgehead atoms. The number of nitrogens with one attached hydrogen (secondary N) is 1. The molecule has 1 atom stereocenters. The summed E-state index contributed by atoms with van der Waals surface area (Å²) in [6.07, 6.45) is 1.01. The van der Waals surface area contributed by atoms with Crippen LogP contribution in [-0.2, 0) is 6.54 Å². The van der Waals surface area contributed by atoms with Crippen LogP contribution in [0.4, 0.5) is 0 Å². The van der Waals surface area contributed by atoms with E-state index >= 15 is 0 Å². The lowest BCUT2D eigenvalue weighted by molar-refractivity contribution is 0.0926. The molecule has 0 radical (unpaired) electrons. The summed E-state index contributed by atoms with van der Waals surface area (Å²) in [5, 5.41) is 18.6. The standard InChI is InChI=1S/C12H21N5O2/c1-4-9(7-11(13)16-19)14-12(18)10-6-8(3)15-17(10)5-2/h6,9,19H,4-5,7H2,1-3H3,(H2,13,16)(H,14,18). The first-order valence-electron chi connectivity index (χ1n) is 6.33. The van der Waals surface area contributed by atoms with Gasteiger partial charge in [-0.05, 0) is 26.3 Å². The van der Waals surface area contributed by atoms with E-state index in [0.29, 0.717) is 25.1 Å². The molecule has 1 unspecified atom stereocenters. The van der Waals surface area contributed by atoms with Crippen molar-refractivity contribution >= 4 is 11.7 Å². The van der Waals surface area contributed by atoms with Crippen LogP contribution in [-0.4, -0.2) is 32.8 Å². The molecule has 1 rings (SSSR count). The van der Waals surface area contributed by atoms with Gasteiger partial charge >= 0.3 is 0 Å². The van der Waals surface area contributed by atoms with Crippen molar-refractivity contribution in [3.8, 4) is 0 Å². The van der Waals surface area contributed by atoms with Crippen LogP contribution < -0.4 is 11.1 Å². The van der Waals surface area contributed by atoms with Crippen LogP contribution in [0, 0.1) is 6.92 Å². The van der Waals surface area contributed by atoms with Gasteiger partial charge in [-0.1, -0.05) is 12.1 Å². The molecule has 0 fully saturated rings. The maximum absolute atomic E-state index is 12.2. The fraction of sp³-hybridized carbons (Fsp3) is 0.583. The summed E-state index contributed by atoms with van der Waals surface area (Å²) < 4.78 is 1.65. The van der Waals surface area contributed by atoms with E-state index in [1.54, 1.807) is 10.7 Å². The predicted molar refractivity (Wildman–Crippen MR) is 72.2 cm³/mol. The fourth-order valence-electron chi connectivity index (χ4n) is 1.82. The zero-order valence-electron chi connectivity index (χ0n) is 11.6. The summed E-state index contributed by atoms with van der Waals surface area (Å²) in [7, 11) is 0. The summed E-state index contributed by atoms with van der Waals surface area (Å²) in [5.41, 5.74) is 6.78. The minimum atomic E-state index is -0.194. The normalized spacial score (nSPS) is 13.3. The number of oxime groups is 1. The summed E-state index contributed by atoms with van der Waals surface area (Å²) in [5.74, 6) is -0.0904. The van der Waals surface area contributed by atoms with Crippen LogP contribution in [0.2, 0.25) is 0 Å². The Labute approximate surface area is 112 Å². The summed E-state index contributed by atoms with van der Waals surface area (Å²) in [6, 6.07) is 1.58. The van der Waals surface area contributed by atoms with Crippen LogP contribution in [0.1, 0.15) is 42.9 Å². The molecule has 1 amide bonds. The van der Waals surface area contributed by atoms with Gasteiger partial charge in [0.15, 0.2) is 0 Å². The molecule has 1 aromatic rings. The molecular formula is C12H21N5O2. The Kier molecular flexibility index (Phi) is 5.35. The second kappa shape index (κ2) is 6.77. The first-order valence-corrected chi connectivity index (χ1v) is 6.33. The Morgan fingerprint density at radius 3 is 2.84 bits per heavy atom. The Bertz CT molecular complexity index is 467. The molecule has 0 saturated carbocycles. The van der Waals surface area contributed by atoms with Crippen molar-refractivity contribution in [1.82, 2.24) is 15.1 Å². The van der Waals surface area contributed by atoms with Crippen molar-refractivity contribution in [2.24, 2.45) is 10.9 Å². The van der Waals surface area contributed by atoms with Crippen LogP contribution in [0.15, 0.2) is 11.2 Å². The third-order valence-corrected chi connectivity index (χ3v) is 2.85. The van der Waals surface area contributed by atoms with Crippen molar-refractivity contribution in [3.63, 3.8) is 0 Å². The maximum Gasteiger partial charge on any atom is 0.269 e. The smallest absolute Gasteiger partial charge is 0.269 e. The molecular weight excluding hydrogens is 246 g/mol. The molecule has 1 heterocycles. The molecule has 0 spiro atoms. The second-order valence-electron chi connectivity index (χ2n) is 4.36. The number of amides is 1. The van der Waals surface area contributed by atoms with E-state index in [4.69, 9.17) is 10.9 Å². The lowest BCUT2D eigenvalue weighted by Crippen LogP contribution is -2.38. The maximum atomic E-state index is 12.2. The van der Waals surface area contributed by atoms with Crippen molar-refractivity contribution in [2.75, 3.05) is 0 Å². The van der Waals surface area contributed by atoms with E-state index in [-0.39, 0.29) is 17.8 Å². The van der Waals surface area contributed by atoms with Gasteiger partial charge in [0.25, 0.3) is 5.91 Å². The van der Waals surface area contributed by atoms with Gasteiger partial charge in [0.1, 0.15) is 11.5 Å². The third kappa shape index (κ3) is 3.97. The Balaban J connectivity index is 2.76. The minimum absolute atomic E-state index is 0.104. The quantitative estimate of drug-likeness (QED) is 0.307. The highest BCUT2D eigenvalue weighted by molar-refractivity contribution is 5.93. The number of hydrogen-bond acceptors (Lipinski definition) is 4. The van der Waals surface area contributed by atoms with E-state index in [9.17, 15) is 4.79 Å². The molecule has 7 heteroatoms. The average molecular weight is 267 g/mol. The lowest BCUT2D eigenvalue weighted by atomic mass is 10.1. The van der Waals surface area contributed by atoms with E-state index in [1.807, 2.05) is 20.8 Å². The molecule has 0 aliphatic heterocycles. The number of nitrogens with zero attached hydrogens (tertiary/aromatic N) is 3. The van der Waals surface area contributed by atoms with Gasteiger partial charge in [-0.25, -0.2) is 0 Å². The highest BCUT2D eigenvalue weighted by atomic mass is 16.4. The van der Waals surface area contributed by atoms with Gasteiger partial charge in [-0.2, -0.15) is 5.10 Å². The van der Waals surface area contributed by atoms with Crippen LogP contribution in [0.3, 0.4) is 0 Å². The number of aromatic nitrogens is 2. The van der Waals surface area contributed by atoms with E-state index in [1.165, 1.54) is 0 Å². The second-order valence-corrected chi connectivity index (χ2v) is 4.36. The van der Waals surface area contributed by atoms with Crippen LogP contribution >= 0.6 is 0 Å². The van der Waals surface area contributed by atoms with E-state index in [2.05, 4.69) is 15.6 Å². The number of amidine groups is 1. The molecule has 4 N–H and O–H groups in total. The number of hydrogen-bond donors (Lipinski definition) is 3. The zero-order chi connectivity index (χ0) is 14.4. The van der Waals surface area contributed by atoms with E-state index < -0.39 is 0 Å². The summed E-state index contributed by atoms with van der Waals surface area (Å²) in [6.45, 7) is 6.33. The highest BCUT2D eigenvalue weighted by Gasteiger charge is 2.17. The molecule has 0 aromatic carbocycles. The van der Waals surface area contributed by atoms with Gasteiger partial charge in [-0.3, -0.25) is 9.48 Å². The Morgan fingerprint density at radius 1 is 1.63 bits per heavy atom. The fourth-order valence-corrected chi connectivity index (χ4v) is 1.82. The summed E-state index contributed by atoms with van der Waals surface area (Å²) in [4.78, 5) is 12.2. The molecule has 106 valence electrons. The summed E-state index contributed by atoms with van der Waals surface area (Å²) >= 11 is 0. The van der Waals surface area contributed by atoms with Crippen LogP contribution in [0.25, 0.3) is 0 Å². The van der Waals surface area contributed by atoms with Gasteiger partial charge in [0.2, 0.25) is 0 Å². The van der Waals surface area contributed by atoms with Crippen molar-refractivity contribution in [2.45, 2.75) is 46.2 Å². The number of aryl methyl sites for hydroxylation is 2. The van der Waals surface area contributed by atoms with Gasteiger partial charge in [-0.15, -0.1) is 0 Å². The lowest BCUT2D eigenvalue weighted by Gasteiger charge is -2.16. The van der Waals surface area contributed by atoms with Gasteiger partial charge in [0, 0.05) is 19.0 Å². The molecule has 1 aromatic heterocycles. The largest absolute Gasteiger partial charge is 0.409 e. The first-order chi connectivity index (χ1) is 9.01. The number of carbonyl (C=O) groups excluding carboxylic acids is 1. The Hall–Kier alpha value is -2.05. The third-order valence-electron chi connectivity index (χ3n) is 2.85. The Morgan fingerprint density at radius 2 is 2.32 bits per heavy atom.